The maximum Gasteiger partial charge on any atom is 0.151 e. The van der Waals surface area contributed by atoms with Crippen molar-refractivity contribution in [3.63, 3.8) is 0 Å². The van der Waals surface area contributed by atoms with E-state index in [1.807, 2.05) is 0 Å². The van der Waals surface area contributed by atoms with Crippen molar-refractivity contribution in [1.82, 2.24) is 0 Å². The predicted molar refractivity (Wildman–Crippen MR) is 61.7 cm³/mol. The zero-order valence-corrected chi connectivity index (χ0v) is 10.7. The van der Waals surface area contributed by atoms with Crippen LogP contribution in [0.2, 0.25) is 0 Å². The van der Waals surface area contributed by atoms with Gasteiger partial charge in [0.1, 0.15) is 11.6 Å². The van der Waals surface area contributed by atoms with Gasteiger partial charge < -0.3 is 4.74 Å². The van der Waals surface area contributed by atoms with Crippen molar-refractivity contribution < 1.29 is 17.5 Å². The third-order valence-electron chi connectivity index (χ3n) is 2.36. The maximum absolute atomic E-state index is 13.1. The van der Waals surface area contributed by atoms with Crippen LogP contribution < -0.4 is 4.74 Å². The Morgan fingerprint density at radius 1 is 1.44 bits per heavy atom. The molecule has 0 N–H and O–H groups in total. The molecule has 0 aromatic heterocycles. The Labute approximate surface area is 102 Å². The molecule has 1 heterocycles. The molecule has 0 saturated carbocycles. The second-order valence-electron chi connectivity index (χ2n) is 3.83. The molecule has 0 atom stereocenters. The first-order valence-electron chi connectivity index (χ1n) is 4.74. The SMILES string of the molecule is O=S1(=O)CC(COc2ccc(Br)c(F)c2)C1. The van der Waals surface area contributed by atoms with Crippen molar-refractivity contribution in [2.45, 2.75) is 0 Å². The van der Waals surface area contributed by atoms with Gasteiger partial charge in [-0.05, 0) is 28.1 Å². The summed E-state index contributed by atoms with van der Waals surface area (Å²) in [7, 11) is -2.81. The Hall–Kier alpha value is -0.620. The summed E-state index contributed by atoms with van der Waals surface area (Å²) >= 11 is 3.04. The highest BCUT2D eigenvalue weighted by Crippen LogP contribution is 2.23. The van der Waals surface area contributed by atoms with E-state index < -0.39 is 15.7 Å². The van der Waals surface area contributed by atoms with Crippen molar-refractivity contribution in [1.29, 1.82) is 0 Å². The van der Waals surface area contributed by atoms with Gasteiger partial charge in [-0.1, -0.05) is 0 Å². The summed E-state index contributed by atoms with van der Waals surface area (Å²) in [6.45, 7) is 0.320. The Morgan fingerprint density at radius 2 is 2.12 bits per heavy atom. The molecule has 2 rings (SSSR count). The highest BCUT2D eigenvalue weighted by atomic mass is 79.9. The van der Waals surface area contributed by atoms with E-state index in [-0.39, 0.29) is 17.4 Å². The van der Waals surface area contributed by atoms with Gasteiger partial charge in [0, 0.05) is 12.0 Å². The van der Waals surface area contributed by atoms with Crippen LogP contribution in [0.1, 0.15) is 0 Å². The molecule has 0 bridgehead atoms. The fourth-order valence-corrected chi connectivity index (χ4v) is 3.32. The van der Waals surface area contributed by atoms with Crippen molar-refractivity contribution >= 4 is 25.8 Å². The molecule has 0 radical (unpaired) electrons. The molecule has 0 unspecified atom stereocenters. The minimum atomic E-state index is -2.81. The Morgan fingerprint density at radius 3 is 2.69 bits per heavy atom. The van der Waals surface area contributed by atoms with E-state index >= 15 is 0 Å². The predicted octanol–water partition coefficient (Wildman–Crippen LogP) is 2.01. The number of ether oxygens (including phenoxy) is 1. The van der Waals surface area contributed by atoms with Gasteiger partial charge in [-0.3, -0.25) is 0 Å². The lowest BCUT2D eigenvalue weighted by Gasteiger charge is -2.25. The summed E-state index contributed by atoms with van der Waals surface area (Å²) in [5, 5.41) is 0. The lowest BCUT2D eigenvalue weighted by molar-refractivity contribution is 0.262. The lowest BCUT2D eigenvalue weighted by Crippen LogP contribution is -2.39. The molecule has 3 nitrogen and oxygen atoms in total. The fraction of sp³-hybridized carbons (Fsp3) is 0.400. The molecule has 0 amide bonds. The summed E-state index contributed by atoms with van der Waals surface area (Å²) in [5.41, 5.74) is 0. The molecule has 1 fully saturated rings. The first-order valence-corrected chi connectivity index (χ1v) is 7.36. The van der Waals surface area contributed by atoms with E-state index in [1.54, 1.807) is 12.1 Å². The van der Waals surface area contributed by atoms with Gasteiger partial charge in [0.15, 0.2) is 9.84 Å². The molecule has 1 saturated heterocycles. The smallest absolute Gasteiger partial charge is 0.151 e. The minimum Gasteiger partial charge on any atom is -0.493 e. The van der Waals surface area contributed by atoms with Crippen LogP contribution in [0, 0.1) is 11.7 Å². The molecule has 88 valence electrons. The number of benzene rings is 1. The van der Waals surface area contributed by atoms with Gasteiger partial charge in [0.2, 0.25) is 0 Å². The first kappa shape index (κ1) is 11.9. The van der Waals surface area contributed by atoms with Crippen LogP contribution in [-0.2, 0) is 9.84 Å². The number of hydrogen-bond donors (Lipinski definition) is 0. The van der Waals surface area contributed by atoms with Crippen LogP contribution in [0.15, 0.2) is 22.7 Å². The van der Waals surface area contributed by atoms with Gasteiger partial charge in [-0.15, -0.1) is 0 Å². The van der Waals surface area contributed by atoms with Crippen LogP contribution in [-0.4, -0.2) is 26.5 Å². The van der Waals surface area contributed by atoms with E-state index in [4.69, 9.17) is 4.74 Å². The first-order chi connectivity index (χ1) is 7.46. The average molecular weight is 309 g/mol. The summed E-state index contributed by atoms with van der Waals surface area (Å²) in [4.78, 5) is 0. The molecule has 6 heteroatoms. The van der Waals surface area contributed by atoms with Crippen molar-refractivity contribution in [2.75, 3.05) is 18.1 Å². The normalized spacial score (nSPS) is 19.1. The summed E-state index contributed by atoms with van der Waals surface area (Å²) in [5.74, 6) is 0.415. The highest BCUT2D eigenvalue weighted by molar-refractivity contribution is 9.10. The second kappa shape index (κ2) is 4.33. The molecule has 1 aromatic carbocycles. The van der Waals surface area contributed by atoms with Crippen LogP contribution in [0.4, 0.5) is 4.39 Å². The quantitative estimate of drug-likeness (QED) is 0.858. The molecule has 1 aliphatic rings. The standard InChI is InChI=1S/C10H10BrFO3S/c11-9-2-1-8(3-10(9)12)15-4-7-5-16(13,14)6-7/h1-3,7H,4-6H2. The lowest BCUT2D eigenvalue weighted by atomic mass is 10.2. The molecular formula is C10H10BrFO3S. The Balaban J connectivity index is 1.89. The van der Waals surface area contributed by atoms with Gasteiger partial charge in [-0.2, -0.15) is 0 Å². The van der Waals surface area contributed by atoms with Gasteiger partial charge in [0.25, 0.3) is 0 Å². The molecule has 0 spiro atoms. The largest absolute Gasteiger partial charge is 0.493 e. The maximum atomic E-state index is 13.1. The molecule has 0 aliphatic carbocycles. The Bertz CT molecular complexity index is 489. The third-order valence-corrected chi connectivity index (χ3v) is 4.96. The molecule has 16 heavy (non-hydrogen) atoms. The van der Waals surface area contributed by atoms with Crippen molar-refractivity contribution in [3.05, 3.63) is 28.5 Å². The average Bonchev–Trinajstić information content (AvgIpc) is 2.16. The number of halogens is 2. The molecule has 1 aliphatic heterocycles. The van der Waals surface area contributed by atoms with E-state index in [1.165, 1.54) is 6.07 Å². The second-order valence-corrected chi connectivity index (χ2v) is 6.84. The third kappa shape index (κ3) is 2.74. The van der Waals surface area contributed by atoms with Crippen LogP contribution in [0.5, 0.6) is 5.75 Å². The van der Waals surface area contributed by atoms with E-state index in [0.717, 1.165) is 0 Å². The van der Waals surface area contributed by atoms with E-state index in [9.17, 15) is 12.8 Å². The van der Waals surface area contributed by atoms with Crippen LogP contribution in [0.3, 0.4) is 0 Å². The number of rotatable bonds is 3. The van der Waals surface area contributed by atoms with Crippen LogP contribution >= 0.6 is 15.9 Å². The summed E-state index contributed by atoms with van der Waals surface area (Å²) < 4.78 is 40.6. The van der Waals surface area contributed by atoms with E-state index in [0.29, 0.717) is 16.8 Å². The zero-order chi connectivity index (χ0) is 11.8. The zero-order valence-electron chi connectivity index (χ0n) is 8.32. The summed E-state index contributed by atoms with van der Waals surface area (Å²) in [6.07, 6.45) is 0. The van der Waals surface area contributed by atoms with Gasteiger partial charge in [0.05, 0.1) is 22.6 Å². The fourth-order valence-electron chi connectivity index (χ4n) is 1.55. The topological polar surface area (TPSA) is 43.4 Å². The van der Waals surface area contributed by atoms with Gasteiger partial charge in [-0.25, -0.2) is 12.8 Å². The van der Waals surface area contributed by atoms with Crippen molar-refractivity contribution in [3.8, 4) is 5.75 Å². The van der Waals surface area contributed by atoms with Gasteiger partial charge >= 0.3 is 0 Å². The minimum absolute atomic E-state index is 0.0386. The molecular weight excluding hydrogens is 299 g/mol. The van der Waals surface area contributed by atoms with Crippen molar-refractivity contribution in [2.24, 2.45) is 5.92 Å². The molecule has 1 aromatic rings. The van der Waals surface area contributed by atoms with E-state index in [2.05, 4.69) is 15.9 Å². The number of sulfone groups is 1. The summed E-state index contributed by atoms with van der Waals surface area (Å²) in [6, 6.07) is 4.47. The Kier molecular flexibility index (Phi) is 3.21. The van der Waals surface area contributed by atoms with Crippen LogP contribution in [0.25, 0.3) is 0 Å². The number of hydrogen-bond acceptors (Lipinski definition) is 3. The highest BCUT2D eigenvalue weighted by Gasteiger charge is 2.33. The monoisotopic (exact) mass is 308 g/mol.